The summed E-state index contributed by atoms with van der Waals surface area (Å²) in [7, 11) is -3.56. The maximum atomic E-state index is 12.6. The molecule has 6 nitrogen and oxygen atoms in total. The fraction of sp³-hybridized carbons (Fsp3) is 0.318. The zero-order chi connectivity index (χ0) is 20.5. The summed E-state index contributed by atoms with van der Waals surface area (Å²) < 4.78 is 30.4. The Bertz CT molecular complexity index is 908. The molecule has 1 aliphatic rings. The van der Waals surface area contributed by atoms with Crippen LogP contribution in [-0.4, -0.2) is 51.7 Å². The minimum atomic E-state index is -3.56. The van der Waals surface area contributed by atoms with Gasteiger partial charge in [0, 0.05) is 18.5 Å². The first kappa shape index (κ1) is 21.1. The number of carbonyl (C=O) groups is 1. The van der Waals surface area contributed by atoms with Gasteiger partial charge in [-0.15, -0.1) is 0 Å². The van der Waals surface area contributed by atoms with E-state index in [2.05, 4.69) is 5.32 Å². The molecule has 1 fully saturated rings. The molecule has 0 saturated carbocycles. The Morgan fingerprint density at radius 1 is 1.03 bits per heavy atom. The van der Waals surface area contributed by atoms with Gasteiger partial charge in [0.25, 0.3) is 0 Å². The van der Waals surface area contributed by atoms with E-state index >= 15 is 0 Å². The molecular formula is C22H26N2O4S. The van der Waals surface area contributed by atoms with Crippen LogP contribution in [0.2, 0.25) is 0 Å². The van der Waals surface area contributed by atoms with E-state index in [-0.39, 0.29) is 10.9 Å². The summed E-state index contributed by atoms with van der Waals surface area (Å²) in [6, 6.07) is 17.6. The van der Waals surface area contributed by atoms with Gasteiger partial charge >= 0.3 is 6.03 Å². The number of hydrogen-bond donors (Lipinski definition) is 1. The summed E-state index contributed by atoms with van der Waals surface area (Å²) in [5.41, 5.74) is 1.14. The molecule has 0 bridgehead atoms. The van der Waals surface area contributed by atoms with E-state index in [9.17, 15) is 13.2 Å². The number of hydrogen-bond acceptors (Lipinski definition) is 4. The SMILES string of the molecule is O=C(NC(C=CS(=O)(=O)c1ccccc1)CCc1ccccc1)N1CCOCC1. The van der Waals surface area contributed by atoms with Gasteiger partial charge in [0.15, 0.2) is 9.84 Å². The highest BCUT2D eigenvalue weighted by molar-refractivity contribution is 7.94. The van der Waals surface area contributed by atoms with Gasteiger partial charge < -0.3 is 15.0 Å². The number of carbonyl (C=O) groups excluding carboxylic acids is 1. The maximum Gasteiger partial charge on any atom is 0.318 e. The zero-order valence-electron chi connectivity index (χ0n) is 16.2. The molecule has 0 radical (unpaired) electrons. The molecule has 7 heteroatoms. The Morgan fingerprint density at radius 3 is 2.31 bits per heavy atom. The summed E-state index contributed by atoms with van der Waals surface area (Å²) in [6.45, 7) is 2.09. The predicted molar refractivity (Wildman–Crippen MR) is 112 cm³/mol. The van der Waals surface area contributed by atoms with Gasteiger partial charge in [-0.1, -0.05) is 54.6 Å². The van der Waals surface area contributed by atoms with Crippen molar-refractivity contribution in [1.29, 1.82) is 0 Å². The molecule has 2 aromatic carbocycles. The Balaban J connectivity index is 1.71. The van der Waals surface area contributed by atoms with Crippen LogP contribution in [0, 0.1) is 0 Å². The molecule has 1 saturated heterocycles. The fourth-order valence-electron chi connectivity index (χ4n) is 3.09. The van der Waals surface area contributed by atoms with E-state index < -0.39 is 15.9 Å². The number of rotatable bonds is 7. The largest absolute Gasteiger partial charge is 0.378 e. The molecule has 1 heterocycles. The molecule has 2 aromatic rings. The molecule has 1 N–H and O–H groups in total. The Hall–Kier alpha value is -2.64. The van der Waals surface area contributed by atoms with Crippen LogP contribution in [-0.2, 0) is 21.0 Å². The van der Waals surface area contributed by atoms with Gasteiger partial charge in [0.2, 0.25) is 0 Å². The molecule has 0 aromatic heterocycles. The lowest BCUT2D eigenvalue weighted by molar-refractivity contribution is 0.0528. The van der Waals surface area contributed by atoms with Gasteiger partial charge in [-0.2, -0.15) is 0 Å². The Kier molecular flexibility index (Phi) is 7.43. The van der Waals surface area contributed by atoms with E-state index in [0.717, 1.165) is 12.0 Å². The summed E-state index contributed by atoms with van der Waals surface area (Å²) >= 11 is 0. The summed E-state index contributed by atoms with van der Waals surface area (Å²) in [5.74, 6) is 0. The van der Waals surface area contributed by atoms with Crippen molar-refractivity contribution >= 4 is 15.9 Å². The van der Waals surface area contributed by atoms with Crippen molar-refractivity contribution in [3.63, 3.8) is 0 Å². The predicted octanol–water partition coefficient (Wildman–Crippen LogP) is 3.02. The second-order valence-corrected chi connectivity index (χ2v) is 8.70. The van der Waals surface area contributed by atoms with Gasteiger partial charge in [-0.3, -0.25) is 0 Å². The third kappa shape index (κ3) is 6.44. The molecule has 29 heavy (non-hydrogen) atoms. The van der Waals surface area contributed by atoms with Crippen LogP contribution in [0.25, 0.3) is 0 Å². The molecule has 154 valence electrons. The first-order valence-electron chi connectivity index (χ1n) is 9.70. The summed E-state index contributed by atoms with van der Waals surface area (Å²) in [6.07, 6.45) is 2.90. The van der Waals surface area contributed by atoms with E-state index in [1.807, 2.05) is 30.3 Å². The lowest BCUT2D eigenvalue weighted by Gasteiger charge is -2.28. The van der Waals surface area contributed by atoms with Gasteiger partial charge in [-0.25, -0.2) is 13.2 Å². The van der Waals surface area contributed by atoms with Crippen molar-refractivity contribution in [2.45, 2.75) is 23.8 Å². The molecule has 0 aliphatic carbocycles. The second-order valence-electron chi connectivity index (χ2n) is 6.87. The fourth-order valence-corrected chi connectivity index (χ4v) is 4.18. The molecular weight excluding hydrogens is 388 g/mol. The maximum absolute atomic E-state index is 12.6. The van der Waals surface area contributed by atoms with Crippen molar-refractivity contribution in [2.24, 2.45) is 0 Å². The zero-order valence-corrected chi connectivity index (χ0v) is 17.1. The Labute approximate surface area is 172 Å². The number of urea groups is 1. The number of ether oxygens (including phenoxy) is 1. The normalized spacial score (nSPS) is 15.9. The number of nitrogens with zero attached hydrogens (tertiary/aromatic N) is 1. The molecule has 3 rings (SSSR count). The monoisotopic (exact) mass is 414 g/mol. The summed E-state index contributed by atoms with van der Waals surface area (Å²) in [5, 5.41) is 4.15. The standard InChI is InChI=1S/C22H26N2O4S/c25-22(24-14-16-28-17-15-24)23-20(12-11-19-7-3-1-4-8-19)13-18-29(26,27)21-9-5-2-6-10-21/h1-10,13,18,20H,11-12,14-17H2,(H,23,25). The average molecular weight is 415 g/mol. The van der Waals surface area contributed by atoms with Gasteiger partial charge in [-0.05, 0) is 30.5 Å². The van der Waals surface area contributed by atoms with Crippen LogP contribution < -0.4 is 5.32 Å². The molecule has 1 atom stereocenters. The van der Waals surface area contributed by atoms with E-state index in [0.29, 0.717) is 32.7 Å². The van der Waals surface area contributed by atoms with E-state index in [1.165, 1.54) is 5.41 Å². The van der Waals surface area contributed by atoms with Gasteiger partial charge in [0.05, 0.1) is 24.2 Å². The highest BCUT2D eigenvalue weighted by Gasteiger charge is 2.20. The topological polar surface area (TPSA) is 75.7 Å². The lowest BCUT2D eigenvalue weighted by Crippen LogP contribution is -2.49. The van der Waals surface area contributed by atoms with Crippen LogP contribution in [0.15, 0.2) is 77.0 Å². The smallest absolute Gasteiger partial charge is 0.318 e. The van der Waals surface area contributed by atoms with Crippen LogP contribution >= 0.6 is 0 Å². The number of nitrogens with one attached hydrogen (secondary N) is 1. The number of benzene rings is 2. The number of sulfone groups is 1. The first-order valence-corrected chi connectivity index (χ1v) is 11.2. The third-order valence-corrected chi connectivity index (χ3v) is 6.20. The van der Waals surface area contributed by atoms with Crippen molar-refractivity contribution in [1.82, 2.24) is 10.2 Å². The highest BCUT2D eigenvalue weighted by atomic mass is 32.2. The van der Waals surface area contributed by atoms with Crippen LogP contribution in [0.3, 0.4) is 0 Å². The number of aryl methyl sites for hydroxylation is 1. The minimum absolute atomic E-state index is 0.201. The average Bonchev–Trinajstić information content (AvgIpc) is 2.77. The highest BCUT2D eigenvalue weighted by Crippen LogP contribution is 2.13. The van der Waals surface area contributed by atoms with E-state index in [1.54, 1.807) is 41.3 Å². The van der Waals surface area contributed by atoms with Gasteiger partial charge in [0.1, 0.15) is 0 Å². The Morgan fingerprint density at radius 2 is 1.66 bits per heavy atom. The molecule has 1 aliphatic heterocycles. The number of morpholine rings is 1. The molecule has 2 amide bonds. The summed E-state index contributed by atoms with van der Waals surface area (Å²) in [4.78, 5) is 14.5. The van der Waals surface area contributed by atoms with Crippen LogP contribution in [0.1, 0.15) is 12.0 Å². The number of amides is 2. The molecule has 0 spiro atoms. The minimum Gasteiger partial charge on any atom is -0.378 e. The lowest BCUT2D eigenvalue weighted by atomic mass is 10.1. The van der Waals surface area contributed by atoms with Crippen LogP contribution in [0.4, 0.5) is 4.79 Å². The quantitative estimate of drug-likeness (QED) is 0.756. The van der Waals surface area contributed by atoms with Crippen molar-refractivity contribution < 1.29 is 17.9 Å². The van der Waals surface area contributed by atoms with Crippen LogP contribution in [0.5, 0.6) is 0 Å². The molecule has 1 unspecified atom stereocenters. The van der Waals surface area contributed by atoms with E-state index in [4.69, 9.17) is 4.74 Å². The second kappa shape index (κ2) is 10.2. The van der Waals surface area contributed by atoms with Crippen molar-refractivity contribution in [3.8, 4) is 0 Å². The first-order chi connectivity index (χ1) is 14.0. The van der Waals surface area contributed by atoms with Crippen molar-refractivity contribution in [2.75, 3.05) is 26.3 Å². The van der Waals surface area contributed by atoms with Crippen molar-refractivity contribution in [3.05, 3.63) is 77.7 Å². The third-order valence-electron chi connectivity index (χ3n) is 4.76.